The Labute approximate surface area is 127 Å². The molecule has 0 fully saturated rings. The highest BCUT2D eigenvalue weighted by Gasteiger charge is 2.10. The molecule has 0 spiro atoms. The van der Waals surface area contributed by atoms with Crippen LogP contribution < -0.4 is 10.5 Å². The molecule has 0 bridgehead atoms. The topological polar surface area (TPSA) is 61.3 Å². The van der Waals surface area contributed by atoms with Gasteiger partial charge in [0.05, 0.1) is 7.11 Å². The monoisotopic (exact) mass is 300 g/mol. The van der Waals surface area contributed by atoms with E-state index in [1.54, 1.807) is 7.11 Å². The molecule has 1 aromatic heterocycles. The molecular formula is C16H16N2O2S. The highest BCUT2D eigenvalue weighted by atomic mass is 32.2. The van der Waals surface area contributed by atoms with E-state index in [0.717, 1.165) is 22.4 Å². The minimum absolute atomic E-state index is 0.0732. The number of hydrogen-bond acceptors (Lipinski definition) is 5. The summed E-state index contributed by atoms with van der Waals surface area (Å²) < 4.78 is 10.8. The number of ether oxygens (including phenoxy) is 1. The van der Waals surface area contributed by atoms with Gasteiger partial charge < -0.3 is 14.9 Å². The number of nitrogens with zero attached hydrogens (tertiary/aromatic N) is 1. The van der Waals surface area contributed by atoms with Crippen molar-refractivity contribution in [3.05, 3.63) is 54.1 Å². The lowest BCUT2D eigenvalue weighted by Gasteiger charge is -2.10. The first kappa shape index (κ1) is 14.0. The molecule has 0 aliphatic carbocycles. The van der Waals surface area contributed by atoms with Crippen LogP contribution in [0.25, 0.3) is 11.1 Å². The molecule has 2 aromatic carbocycles. The normalized spacial score (nSPS) is 12.5. The molecule has 0 aliphatic heterocycles. The molecule has 1 atom stereocenters. The van der Waals surface area contributed by atoms with Crippen molar-refractivity contribution >= 4 is 22.9 Å². The van der Waals surface area contributed by atoms with E-state index in [1.807, 2.05) is 48.5 Å². The van der Waals surface area contributed by atoms with Crippen LogP contribution in [0.15, 0.2) is 58.2 Å². The molecule has 21 heavy (non-hydrogen) atoms. The van der Waals surface area contributed by atoms with E-state index < -0.39 is 0 Å². The first-order chi connectivity index (χ1) is 10.3. The lowest BCUT2D eigenvalue weighted by molar-refractivity contribution is 0.414. The maximum absolute atomic E-state index is 6.20. The van der Waals surface area contributed by atoms with E-state index in [0.29, 0.717) is 11.0 Å². The summed E-state index contributed by atoms with van der Waals surface area (Å²) in [5, 5.41) is 0.653. The Morgan fingerprint density at radius 2 is 1.95 bits per heavy atom. The van der Waals surface area contributed by atoms with Crippen LogP contribution >= 0.6 is 11.8 Å². The first-order valence-corrected chi connectivity index (χ1v) is 7.63. The molecule has 0 aliphatic rings. The molecule has 3 aromatic rings. The summed E-state index contributed by atoms with van der Waals surface area (Å²) in [4.78, 5) is 4.43. The lowest BCUT2D eigenvalue weighted by Crippen LogP contribution is -2.12. The molecule has 1 unspecified atom stereocenters. The lowest BCUT2D eigenvalue weighted by atomic mass is 10.1. The van der Waals surface area contributed by atoms with Gasteiger partial charge in [-0.25, -0.2) is 4.98 Å². The van der Waals surface area contributed by atoms with Crippen molar-refractivity contribution in [2.24, 2.45) is 5.73 Å². The fourth-order valence-corrected chi connectivity index (χ4v) is 2.85. The number of thioether (sulfide) groups is 1. The van der Waals surface area contributed by atoms with Crippen molar-refractivity contribution in [3.63, 3.8) is 0 Å². The van der Waals surface area contributed by atoms with E-state index >= 15 is 0 Å². The minimum Gasteiger partial charge on any atom is -0.497 e. The molecule has 0 saturated heterocycles. The summed E-state index contributed by atoms with van der Waals surface area (Å²) in [7, 11) is 1.65. The number of rotatable bonds is 5. The third kappa shape index (κ3) is 3.20. The molecule has 1 heterocycles. The van der Waals surface area contributed by atoms with Gasteiger partial charge in [0.15, 0.2) is 5.58 Å². The van der Waals surface area contributed by atoms with Crippen molar-refractivity contribution in [1.82, 2.24) is 4.98 Å². The highest BCUT2D eigenvalue weighted by molar-refractivity contribution is 7.99. The zero-order valence-electron chi connectivity index (χ0n) is 11.7. The second-order valence-corrected chi connectivity index (χ2v) is 5.61. The number of methoxy groups -OCH3 is 1. The van der Waals surface area contributed by atoms with Gasteiger partial charge >= 0.3 is 0 Å². The maximum Gasteiger partial charge on any atom is 0.256 e. The van der Waals surface area contributed by atoms with Gasteiger partial charge in [0.2, 0.25) is 0 Å². The molecule has 3 rings (SSSR count). The number of aromatic nitrogens is 1. The average Bonchev–Trinajstić information content (AvgIpc) is 2.95. The molecule has 2 N–H and O–H groups in total. The van der Waals surface area contributed by atoms with Crippen LogP contribution in [0.3, 0.4) is 0 Å². The Morgan fingerprint density at radius 1 is 1.19 bits per heavy atom. The predicted molar refractivity (Wildman–Crippen MR) is 84.7 cm³/mol. The van der Waals surface area contributed by atoms with Crippen LogP contribution in [-0.4, -0.2) is 17.8 Å². The highest BCUT2D eigenvalue weighted by Crippen LogP contribution is 2.26. The zero-order valence-corrected chi connectivity index (χ0v) is 12.5. The van der Waals surface area contributed by atoms with Crippen LogP contribution in [-0.2, 0) is 0 Å². The number of benzene rings is 2. The van der Waals surface area contributed by atoms with Gasteiger partial charge in [-0.2, -0.15) is 0 Å². The zero-order chi connectivity index (χ0) is 14.7. The number of hydrogen-bond donors (Lipinski definition) is 1. The van der Waals surface area contributed by atoms with Crippen molar-refractivity contribution in [3.8, 4) is 5.75 Å². The summed E-state index contributed by atoms with van der Waals surface area (Å²) in [6.45, 7) is 0. The van der Waals surface area contributed by atoms with Gasteiger partial charge in [-0.05, 0) is 29.8 Å². The van der Waals surface area contributed by atoms with Crippen LogP contribution in [0, 0.1) is 0 Å². The van der Waals surface area contributed by atoms with E-state index in [-0.39, 0.29) is 6.04 Å². The van der Waals surface area contributed by atoms with E-state index in [4.69, 9.17) is 14.9 Å². The van der Waals surface area contributed by atoms with E-state index in [9.17, 15) is 0 Å². The first-order valence-electron chi connectivity index (χ1n) is 6.64. The quantitative estimate of drug-likeness (QED) is 0.729. The molecule has 5 heteroatoms. The maximum atomic E-state index is 6.20. The third-order valence-electron chi connectivity index (χ3n) is 3.20. The Kier molecular flexibility index (Phi) is 4.13. The molecule has 108 valence electrons. The average molecular weight is 300 g/mol. The smallest absolute Gasteiger partial charge is 0.256 e. The summed E-state index contributed by atoms with van der Waals surface area (Å²) >= 11 is 1.53. The summed E-state index contributed by atoms with van der Waals surface area (Å²) in [5.74, 6) is 1.54. The van der Waals surface area contributed by atoms with Gasteiger partial charge in [-0.3, -0.25) is 0 Å². The van der Waals surface area contributed by atoms with Gasteiger partial charge in [0.25, 0.3) is 5.22 Å². The fourth-order valence-electron chi connectivity index (χ4n) is 2.02. The fraction of sp³-hybridized carbons (Fsp3) is 0.188. The summed E-state index contributed by atoms with van der Waals surface area (Å²) in [6.07, 6.45) is 0. The number of nitrogens with two attached hydrogens (primary N) is 1. The SMILES string of the molecule is COc1ccc(C(N)CSc2nc3ccccc3o2)cc1. The third-order valence-corrected chi connectivity index (χ3v) is 4.15. The van der Waals surface area contributed by atoms with Gasteiger partial charge in [-0.1, -0.05) is 36.0 Å². The van der Waals surface area contributed by atoms with E-state index in [2.05, 4.69) is 4.98 Å². The molecule has 0 radical (unpaired) electrons. The van der Waals surface area contributed by atoms with Gasteiger partial charge in [-0.15, -0.1) is 0 Å². The van der Waals surface area contributed by atoms with E-state index in [1.165, 1.54) is 11.8 Å². The molecule has 0 saturated carbocycles. The van der Waals surface area contributed by atoms with Crippen molar-refractivity contribution in [2.45, 2.75) is 11.3 Å². The second-order valence-electron chi connectivity index (χ2n) is 4.64. The van der Waals surface area contributed by atoms with Crippen molar-refractivity contribution < 1.29 is 9.15 Å². The van der Waals surface area contributed by atoms with Crippen LogP contribution in [0.2, 0.25) is 0 Å². The number of fused-ring (bicyclic) bond motifs is 1. The second kappa shape index (κ2) is 6.20. The van der Waals surface area contributed by atoms with Crippen LogP contribution in [0.1, 0.15) is 11.6 Å². The molecule has 4 nitrogen and oxygen atoms in total. The number of para-hydroxylation sites is 2. The van der Waals surface area contributed by atoms with Crippen LogP contribution in [0.5, 0.6) is 5.75 Å². The van der Waals surface area contributed by atoms with Gasteiger partial charge in [0, 0.05) is 11.8 Å². The minimum atomic E-state index is -0.0732. The van der Waals surface area contributed by atoms with Gasteiger partial charge in [0.1, 0.15) is 11.3 Å². The van der Waals surface area contributed by atoms with Crippen LogP contribution in [0.4, 0.5) is 0 Å². The van der Waals surface area contributed by atoms with Crippen molar-refractivity contribution in [1.29, 1.82) is 0 Å². The Balaban J connectivity index is 1.65. The summed E-state index contributed by atoms with van der Waals surface area (Å²) in [6, 6.07) is 15.5. The predicted octanol–water partition coefficient (Wildman–Crippen LogP) is 3.63. The number of oxazole rings is 1. The molecular weight excluding hydrogens is 284 g/mol. The molecule has 0 amide bonds. The Morgan fingerprint density at radius 3 is 2.67 bits per heavy atom. The summed E-state index contributed by atoms with van der Waals surface area (Å²) in [5.41, 5.74) is 8.94. The largest absolute Gasteiger partial charge is 0.497 e. The Bertz CT molecular complexity index is 691. The van der Waals surface area contributed by atoms with Crippen molar-refractivity contribution in [2.75, 3.05) is 12.9 Å². The Hall–Kier alpha value is -1.98. The standard InChI is InChI=1S/C16H16N2O2S/c1-19-12-8-6-11(7-9-12)13(17)10-21-16-18-14-4-2-3-5-15(14)20-16/h2-9,13H,10,17H2,1H3.